The molecule has 0 heterocycles. The van der Waals surface area contributed by atoms with Gasteiger partial charge in [0.15, 0.2) is 12.1 Å². The molecule has 0 saturated carbocycles. The molecule has 0 aromatic heterocycles. The van der Waals surface area contributed by atoms with Gasteiger partial charge in [0.25, 0.3) is 0 Å². The molecule has 9 heavy (non-hydrogen) atoms. The molecule has 0 saturated heterocycles. The van der Waals surface area contributed by atoms with E-state index in [0.717, 1.165) is 0 Å². The van der Waals surface area contributed by atoms with Gasteiger partial charge in [-0.1, -0.05) is 12.6 Å². The molecule has 0 rings (SSSR count). The zero-order valence-electron chi connectivity index (χ0n) is 4.50. The number of hydrogen-bond acceptors (Lipinski definition) is 5. The third-order valence-electron chi connectivity index (χ3n) is 0.0500. The van der Waals surface area contributed by atoms with E-state index in [1.54, 1.807) is 0 Å². The third kappa shape index (κ3) is 11100. The maximum Gasteiger partial charge on any atom is 0.181 e. The highest BCUT2D eigenvalue weighted by Crippen LogP contribution is 1.46. The summed E-state index contributed by atoms with van der Waals surface area (Å²) in [6, 6.07) is 2.47. The molecule has 0 atom stereocenters. The molecule has 50 valence electrons. The largest absolute Gasteiger partial charge is 0.344 e. The van der Waals surface area contributed by atoms with Gasteiger partial charge in [-0.3, -0.25) is 0 Å². The second-order valence-corrected chi connectivity index (χ2v) is 0.524. The van der Waals surface area contributed by atoms with Crippen LogP contribution in [-0.4, -0.2) is 0 Å². The van der Waals surface area contributed by atoms with E-state index < -0.39 is 0 Å². The van der Waals surface area contributed by atoms with Gasteiger partial charge >= 0.3 is 0 Å². The summed E-state index contributed by atoms with van der Waals surface area (Å²) in [5.41, 5.74) is 0. The van der Waals surface area contributed by atoms with Crippen LogP contribution in [0.4, 0.5) is 0 Å². The van der Waals surface area contributed by atoms with Crippen molar-refractivity contribution in [3.63, 3.8) is 0 Å². The number of rotatable bonds is 0. The van der Waals surface area contributed by atoms with Crippen LogP contribution in [-0.2, 0) is 0 Å². The molecule has 0 aliphatic carbocycles. The van der Waals surface area contributed by atoms with Gasteiger partial charge in [0.05, 0.1) is 0 Å². The molecule has 0 fully saturated rings. The summed E-state index contributed by atoms with van der Waals surface area (Å²) in [6.07, 6.45) is 0. The van der Waals surface area contributed by atoms with Crippen LogP contribution in [0, 0.1) is 33.3 Å². The van der Waals surface area contributed by atoms with Crippen LogP contribution in [0.3, 0.4) is 0 Å². The Labute approximate surface area is 66.1 Å². The lowest BCUT2D eigenvalue weighted by Crippen LogP contribution is -1.26. The van der Waals surface area contributed by atoms with Crippen LogP contribution < -0.4 is 6.15 Å². The van der Waals surface area contributed by atoms with Crippen LogP contribution in [0.5, 0.6) is 0 Å². The summed E-state index contributed by atoms with van der Waals surface area (Å²) in [4.78, 5) is 0. The van der Waals surface area contributed by atoms with Gasteiger partial charge in [-0.2, -0.15) is 29.3 Å². The molecule has 0 radical (unpaired) electrons. The highest BCUT2D eigenvalue weighted by Gasteiger charge is 1.39. The maximum absolute atomic E-state index is 7.26. The van der Waals surface area contributed by atoms with Crippen molar-refractivity contribution in [2.75, 3.05) is 0 Å². The lowest BCUT2D eigenvalue weighted by molar-refractivity contribution is 1.49. The first-order valence-corrected chi connectivity index (χ1v) is 1.59. The number of nitriles is 3. The average molecular weight is 162 g/mol. The summed E-state index contributed by atoms with van der Waals surface area (Å²) in [7, 11) is 0. The van der Waals surface area contributed by atoms with Crippen LogP contribution in [0.15, 0.2) is 0 Å². The summed E-state index contributed by atoms with van der Waals surface area (Å²) in [5.74, 6) is 0. The quantitative estimate of drug-likeness (QED) is 0.404. The summed E-state index contributed by atoms with van der Waals surface area (Å²) < 4.78 is 0. The fourth-order valence-corrected chi connectivity index (χ4v) is 0. The fourth-order valence-electron chi connectivity index (χ4n) is 0. The first-order valence-electron chi connectivity index (χ1n) is 1.14. The Morgan fingerprint density at radius 2 is 1.11 bits per heavy atom. The van der Waals surface area contributed by atoms with Crippen molar-refractivity contribution in [2.45, 2.75) is 0 Å². The molecule has 0 aliphatic heterocycles. The molecule has 0 unspecified atom stereocenters. The second-order valence-electron chi connectivity index (χ2n) is 0.324. The minimum absolute atomic E-state index is 0. The zero-order chi connectivity index (χ0) is 6.12. The molecule has 0 bridgehead atoms. The van der Waals surface area contributed by atoms with Gasteiger partial charge in [0.2, 0.25) is 0 Å². The standard InChI is InChI=1S/C2N2.CHNS.H3N.H2S/c3-1-2-4;2-1-3;;/h;3H;1H3;1H2. The van der Waals surface area contributed by atoms with E-state index in [0.29, 0.717) is 0 Å². The minimum atomic E-state index is 0. The number of nitrogens with zero attached hydrogens (tertiary/aromatic N) is 3. The molecule has 0 aliphatic rings. The van der Waals surface area contributed by atoms with E-state index in [-0.39, 0.29) is 19.6 Å². The van der Waals surface area contributed by atoms with Gasteiger partial charge in [-0.15, -0.1) is 0 Å². The predicted octanol–water partition coefficient (Wildman–Crippen LogP) is 0.706. The van der Waals surface area contributed by atoms with Crippen molar-refractivity contribution in [1.29, 1.82) is 15.8 Å². The SMILES string of the molecule is N.N#CC#N.N#CS.S. The van der Waals surface area contributed by atoms with E-state index in [2.05, 4.69) is 12.6 Å². The average Bonchev–Trinajstić information content (AvgIpc) is 1.69. The molecule has 0 aromatic carbocycles. The van der Waals surface area contributed by atoms with Gasteiger partial charge < -0.3 is 6.15 Å². The summed E-state index contributed by atoms with van der Waals surface area (Å²) >= 11 is 3.09. The molecule has 0 spiro atoms. The molecule has 4 nitrogen and oxygen atoms in total. The lowest BCUT2D eigenvalue weighted by atomic mass is 10.9. The Morgan fingerprint density at radius 1 is 1.00 bits per heavy atom. The van der Waals surface area contributed by atoms with Crippen molar-refractivity contribution in [2.24, 2.45) is 0 Å². The van der Waals surface area contributed by atoms with Crippen LogP contribution in [0.2, 0.25) is 0 Å². The number of thiol groups is 1. The minimum Gasteiger partial charge on any atom is -0.344 e. The van der Waals surface area contributed by atoms with E-state index in [4.69, 9.17) is 15.8 Å². The Bertz CT molecular complexity index is 123. The van der Waals surface area contributed by atoms with Crippen LogP contribution >= 0.6 is 26.1 Å². The predicted molar refractivity (Wildman–Crippen MR) is 41.2 cm³/mol. The van der Waals surface area contributed by atoms with Crippen molar-refractivity contribution < 1.29 is 0 Å². The van der Waals surface area contributed by atoms with Crippen LogP contribution in [0.25, 0.3) is 0 Å². The highest BCUT2D eigenvalue weighted by molar-refractivity contribution is 7.85. The maximum atomic E-state index is 7.26. The fraction of sp³-hybridized carbons (Fsp3) is 0. The van der Waals surface area contributed by atoms with E-state index in [9.17, 15) is 0 Å². The summed E-state index contributed by atoms with van der Waals surface area (Å²) in [6.45, 7) is 0. The Balaban J connectivity index is -0.0000000233. The molecular formula is C3H6N4S2. The monoisotopic (exact) mass is 162 g/mol. The van der Waals surface area contributed by atoms with Gasteiger partial charge in [0.1, 0.15) is 5.40 Å². The number of thiocyanates is 1. The lowest BCUT2D eigenvalue weighted by Gasteiger charge is -1.16. The normalized spacial score (nSPS) is 2.00. The number of hydrogen-bond donors (Lipinski definition) is 2. The van der Waals surface area contributed by atoms with E-state index in [1.807, 2.05) is 0 Å². The third-order valence-corrected chi connectivity index (χ3v) is 0.0500. The zero-order valence-corrected chi connectivity index (χ0v) is 6.39. The Kier molecular flexibility index (Phi) is 159. The van der Waals surface area contributed by atoms with Gasteiger partial charge in [-0.25, -0.2) is 0 Å². The van der Waals surface area contributed by atoms with Crippen molar-refractivity contribution in [3.8, 4) is 17.5 Å². The molecule has 3 N–H and O–H groups in total. The Morgan fingerprint density at radius 3 is 1.11 bits per heavy atom. The van der Waals surface area contributed by atoms with E-state index >= 15 is 0 Å². The second kappa shape index (κ2) is 59.1. The van der Waals surface area contributed by atoms with E-state index in [1.165, 1.54) is 17.5 Å². The van der Waals surface area contributed by atoms with Crippen molar-refractivity contribution >= 4 is 26.1 Å². The topological polar surface area (TPSA) is 106 Å². The van der Waals surface area contributed by atoms with Crippen molar-refractivity contribution in [3.05, 3.63) is 0 Å². The smallest absolute Gasteiger partial charge is 0.181 e. The molecular weight excluding hydrogens is 156 g/mol. The Hall–Kier alpha value is -0.870. The van der Waals surface area contributed by atoms with Gasteiger partial charge in [-0.05, 0) is 0 Å². The molecule has 0 aromatic rings. The first-order chi connectivity index (χ1) is 3.33. The van der Waals surface area contributed by atoms with Crippen molar-refractivity contribution in [1.82, 2.24) is 6.15 Å². The highest BCUT2D eigenvalue weighted by atomic mass is 32.1. The summed E-state index contributed by atoms with van der Waals surface area (Å²) in [5, 5.41) is 23.2. The molecule has 6 heteroatoms. The molecule has 0 amide bonds. The van der Waals surface area contributed by atoms with Gasteiger partial charge in [0, 0.05) is 0 Å². The van der Waals surface area contributed by atoms with Crippen LogP contribution in [0.1, 0.15) is 0 Å². The first kappa shape index (κ1) is 24.2.